The first kappa shape index (κ1) is 18.8. The summed E-state index contributed by atoms with van der Waals surface area (Å²) in [6, 6.07) is 0. The van der Waals surface area contributed by atoms with Crippen LogP contribution in [0, 0.1) is 5.92 Å². The van der Waals surface area contributed by atoms with E-state index in [0.717, 1.165) is 23.6 Å². The third-order valence-corrected chi connectivity index (χ3v) is 4.26. The SMILES string of the molecule is CC(=O)O.CC(O)[C@H]1C(=O)N2C(C(=O)O)=C(COC(N)=O)S[C@H]12. The van der Waals surface area contributed by atoms with Crippen LogP contribution < -0.4 is 5.73 Å². The zero-order valence-electron chi connectivity index (χ0n) is 12.3. The number of nitrogens with two attached hydrogens (primary N) is 1. The molecule has 0 aliphatic carbocycles. The summed E-state index contributed by atoms with van der Waals surface area (Å²) in [5, 5.41) is 25.6. The first-order valence-electron chi connectivity index (χ1n) is 6.33. The van der Waals surface area contributed by atoms with Crippen LogP contribution in [0.25, 0.3) is 0 Å². The fourth-order valence-corrected chi connectivity index (χ4v) is 3.61. The number of nitrogens with zero attached hydrogens (tertiary/aromatic N) is 1. The highest BCUT2D eigenvalue weighted by atomic mass is 32.2. The van der Waals surface area contributed by atoms with Gasteiger partial charge in [0.25, 0.3) is 5.97 Å². The number of aliphatic carboxylic acids is 2. The number of thioether (sulfide) groups is 1. The number of ether oxygens (including phenoxy) is 1. The molecule has 0 bridgehead atoms. The van der Waals surface area contributed by atoms with Crippen molar-refractivity contribution in [2.45, 2.75) is 25.3 Å². The summed E-state index contributed by atoms with van der Waals surface area (Å²) < 4.78 is 4.56. The van der Waals surface area contributed by atoms with Crippen LogP contribution in [0.5, 0.6) is 0 Å². The lowest BCUT2D eigenvalue weighted by atomic mass is 9.92. The van der Waals surface area contributed by atoms with E-state index >= 15 is 0 Å². The van der Waals surface area contributed by atoms with Crippen molar-refractivity contribution in [3.8, 4) is 0 Å². The normalized spacial score (nSPS) is 23.3. The third-order valence-electron chi connectivity index (χ3n) is 2.92. The van der Waals surface area contributed by atoms with Gasteiger partial charge >= 0.3 is 12.1 Å². The van der Waals surface area contributed by atoms with Crippen LogP contribution in [0.15, 0.2) is 10.6 Å². The van der Waals surface area contributed by atoms with Gasteiger partial charge in [-0.1, -0.05) is 11.8 Å². The van der Waals surface area contributed by atoms with E-state index in [4.69, 9.17) is 20.7 Å². The van der Waals surface area contributed by atoms with Crippen LogP contribution >= 0.6 is 11.8 Å². The average Bonchev–Trinajstić information content (AvgIpc) is 2.69. The Labute approximate surface area is 134 Å². The summed E-state index contributed by atoms with van der Waals surface area (Å²) in [6.07, 6.45) is -1.89. The molecule has 0 saturated carbocycles. The van der Waals surface area contributed by atoms with Crippen molar-refractivity contribution in [2.75, 3.05) is 6.61 Å². The minimum atomic E-state index is -1.28. The van der Waals surface area contributed by atoms with Gasteiger partial charge in [-0.05, 0) is 6.92 Å². The molecular formula is C12H16N2O8S. The molecule has 0 radical (unpaired) electrons. The van der Waals surface area contributed by atoms with Crippen LogP contribution in [0.4, 0.5) is 4.79 Å². The van der Waals surface area contributed by atoms with Gasteiger partial charge in [-0.3, -0.25) is 14.5 Å². The maximum absolute atomic E-state index is 11.8. The van der Waals surface area contributed by atoms with Crippen molar-refractivity contribution in [3.63, 3.8) is 0 Å². The number of carboxylic acid groups (broad SMARTS) is 2. The topological polar surface area (TPSA) is 167 Å². The summed E-state index contributed by atoms with van der Waals surface area (Å²) in [7, 11) is 0. The second kappa shape index (κ2) is 7.33. The van der Waals surface area contributed by atoms with Gasteiger partial charge in [0.2, 0.25) is 5.91 Å². The second-order valence-electron chi connectivity index (χ2n) is 4.69. The van der Waals surface area contributed by atoms with E-state index in [1.807, 2.05) is 0 Å². The first-order valence-corrected chi connectivity index (χ1v) is 7.21. The van der Waals surface area contributed by atoms with Crippen LogP contribution in [0.1, 0.15) is 13.8 Å². The second-order valence-corrected chi connectivity index (χ2v) is 5.90. The summed E-state index contributed by atoms with van der Waals surface area (Å²) in [6.45, 7) is 2.26. The molecule has 2 aliphatic rings. The smallest absolute Gasteiger partial charge is 0.404 e. The molecule has 23 heavy (non-hydrogen) atoms. The number of carbonyl (C=O) groups excluding carboxylic acids is 2. The van der Waals surface area contributed by atoms with E-state index in [9.17, 15) is 19.5 Å². The zero-order chi connectivity index (χ0) is 17.9. The fourth-order valence-electron chi connectivity index (χ4n) is 2.09. The number of aliphatic hydroxyl groups is 1. The Morgan fingerprint density at radius 3 is 2.30 bits per heavy atom. The minimum absolute atomic E-state index is 0.210. The molecule has 1 saturated heterocycles. The summed E-state index contributed by atoms with van der Waals surface area (Å²) in [4.78, 5) is 43.9. The highest BCUT2D eigenvalue weighted by Crippen LogP contribution is 2.50. The number of hydrogen-bond donors (Lipinski definition) is 4. The van der Waals surface area contributed by atoms with E-state index in [2.05, 4.69) is 4.74 Å². The quantitative estimate of drug-likeness (QED) is 0.484. The molecule has 0 aromatic heterocycles. The van der Waals surface area contributed by atoms with E-state index in [-0.39, 0.29) is 17.2 Å². The highest BCUT2D eigenvalue weighted by molar-refractivity contribution is 8.04. The predicted octanol–water partition coefficient (Wildman–Crippen LogP) is -0.619. The minimum Gasteiger partial charge on any atom is -0.481 e. The van der Waals surface area contributed by atoms with Crippen LogP contribution in [-0.2, 0) is 19.1 Å². The van der Waals surface area contributed by atoms with Gasteiger partial charge in [-0.2, -0.15) is 0 Å². The number of aliphatic hydroxyl groups excluding tert-OH is 1. The van der Waals surface area contributed by atoms with Crippen molar-refractivity contribution < 1.29 is 39.2 Å². The molecular weight excluding hydrogens is 332 g/mol. The fraction of sp³-hybridized carbons (Fsp3) is 0.500. The van der Waals surface area contributed by atoms with Gasteiger partial charge < -0.3 is 25.8 Å². The Morgan fingerprint density at radius 1 is 1.39 bits per heavy atom. The maximum atomic E-state index is 11.8. The van der Waals surface area contributed by atoms with Crippen LogP contribution in [-0.4, -0.2) is 62.2 Å². The molecule has 10 nitrogen and oxygen atoms in total. The van der Waals surface area contributed by atoms with Gasteiger partial charge in [-0.15, -0.1) is 0 Å². The molecule has 3 atom stereocenters. The lowest BCUT2D eigenvalue weighted by molar-refractivity contribution is -0.156. The van der Waals surface area contributed by atoms with E-state index in [1.54, 1.807) is 0 Å². The van der Waals surface area contributed by atoms with Crippen LogP contribution in [0.3, 0.4) is 0 Å². The number of hydrogen-bond acceptors (Lipinski definition) is 7. The number of carboxylic acids is 2. The molecule has 2 rings (SSSR count). The molecule has 2 aliphatic heterocycles. The Hall–Kier alpha value is -2.27. The van der Waals surface area contributed by atoms with Gasteiger partial charge in [-0.25, -0.2) is 9.59 Å². The molecule has 0 aromatic carbocycles. The Bertz CT molecular complexity index is 569. The standard InChI is InChI=1S/C10H12N2O6S.C2H4O2/c1-3(13)5-7(14)12-6(9(15)16)4(19-8(5)12)2-18-10(11)17;1-2(3)4/h3,5,8,13H,2H2,1H3,(H2,11,17)(H,15,16);1H3,(H,3,4)/t3?,5-,8+;/m0./s1. The van der Waals surface area contributed by atoms with E-state index < -0.39 is 41.3 Å². The van der Waals surface area contributed by atoms with Crippen LogP contribution in [0.2, 0.25) is 0 Å². The number of fused-ring (bicyclic) bond motifs is 1. The molecule has 1 fully saturated rings. The van der Waals surface area contributed by atoms with Crippen molar-refractivity contribution in [1.29, 1.82) is 0 Å². The van der Waals surface area contributed by atoms with E-state index in [0.29, 0.717) is 0 Å². The summed E-state index contributed by atoms with van der Waals surface area (Å²) >= 11 is 1.09. The molecule has 11 heteroatoms. The number of amides is 2. The lowest BCUT2D eigenvalue weighted by Crippen LogP contribution is -2.60. The predicted molar refractivity (Wildman–Crippen MR) is 76.9 cm³/mol. The largest absolute Gasteiger partial charge is 0.481 e. The Kier molecular flexibility index (Phi) is 5.98. The molecule has 0 aromatic rings. The van der Waals surface area contributed by atoms with Gasteiger partial charge in [0.15, 0.2) is 0 Å². The number of primary amides is 1. The van der Waals surface area contributed by atoms with Gasteiger partial charge in [0.05, 0.1) is 16.9 Å². The first-order chi connectivity index (χ1) is 10.6. The average molecular weight is 348 g/mol. The van der Waals surface area contributed by atoms with Gasteiger partial charge in [0, 0.05) is 6.92 Å². The molecule has 128 valence electrons. The van der Waals surface area contributed by atoms with Crippen molar-refractivity contribution in [1.82, 2.24) is 4.90 Å². The molecule has 1 unspecified atom stereocenters. The van der Waals surface area contributed by atoms with Crippen molar-refractivity contribution >= 4 is 35.7 Å². The number of carbonyl (C=O) groups is 4. The molecule has 0 spiro atoms. The molecule has 5 N–H and O–H groups in total. The monoisotopic (exact) mass is 348 g/mol. The number of β-lactam (4-membered cyclic amide) rings is 1. The van der Waals surface area contributed by atoms with Gasteiger partial charge in [0.1, 0.15) is 17.7 Å². The van der Waals surface area contributed by atoms with Crippen molar-refractivity contribution in [3.05, 3.63) is 10.6 Å². The zero-order valence-corrected chi connectivity index (χ0v) is 13.1. The summed E-state index contributed by atoms with van der Waals surface area (Å²) in [5.74, 6) is -3.21. The molecule has 2 amide bonds. The molecule has 2 heterocycles. The highest BCUT2D eigenvalue weighted by Gasteiger charge is 2.57. The number of rotatable bonds is 4. The maximum Gasteiger partial charge on any atom is 0.404 e. The Balaban J connectivity index is 0.000000593. The lowest BCUT2D eigenvalue weighted by Gasteiger charge is -2.43. The van der Waals surface area contributed by atoms with Crippen molar-refractivity contribution in [2.24, 2.45) is 11.7 Å². The Morgan fingerprint density at radius 2 is 1.91 bits per heavy atom. The third kappa shape index (κ3) is 4.13. The summed E-state index contributed by atoms with van der Waals surface area (Å²) in [5.41, 5.74) is 4.61. The van der Waals surface area contributed by atoms with E-state index in [1.165, 1.54) is 6.92 Å².